The molecule has 0 bridgehead atoms. The Morgan fingerprint density at radius 1 is 1.21 bits per heavy atom. The van der Waals surface area contributed by atoms with Crippen LogP contribution in [-0.2, 0) is 12.8 Å². The number of benzene rings is 1. The number of nitrogens with zero attached hydrogens (tertiary/aromatic N) is 2. The average molecular weight is 275 g/mol. The van der Waals surface area contributed by atoms with Gasteiger partial charge in [0.1, 0.15) is 0 Å². The fraction of sp³-hybridized carbons (Fsp3) is 0.467. The lowest BCUT2D eigenvalue weighted by atomic mass is 9.94. The van der Waals surface area contributed by atoms with Crippen molar-refractivity contribution in [1.82, 2.24) is 9.59 Å². The lowest BCUT2D eigenvalue weighted by Gasteiger charge is -2.15. The minimum Gasteiger partial charge on any atom is -0.323 e. The molecule has 1 aromatic carbocycles. The molecule has 0 saturated carbocycles. The van der Waals surface area contributed by atoms with E-state index in [1.165, 1.54) is 33.8 Å². The van der Waals surface area contributed by atoms with Crippen LogP contribution in [0.1, 0.15) is 45.8 Å². The van der Waals surface area contributed by atoms with Crippen LogP contribution in [0.2, 0.25) is 0 Å². The zero-order valence-electron chi connectivity index (χ0n) is 12.0. The summed E-state index contributed by atoms with van der Waals surface area (Å²) in [5, 5.41) is 4.14. The van der Waals surface area contributed by atoms with Crippen molar-refractivity contribution in [1.29, 1.82) is 0 Å². The fourth-order valence-corrected chi connectivity index (χ4v) is 3.32. The number of aromatic nitrogens is 2. The predicted molar refractivity (Wildman–Crippen MR) is 80.6 cm³/mol. The lowest BCUT2D eigenvalue weighted by molar-refractivity contribution is 0.715. The molecule has 4 heteroatoms. The highest BCUT2D eigenvalue weighted by Crippen LogP contribution is 2.26. The van der Waals surface area contributed by atoms with Gasteiger partial charge in [-0.2, -0.15) is 0 Å². The normalized spacial score (nSPS) is 12.7. The summed E-state index contributed by atoms with van der Waals surface area (Å²) in [4.78, 5) is 1.13. The van der Waals surface area contributed by atoms with Crippen molar-refractivity contribution in [2.75, 3.05) is 0 Å². The average Bonchev–Trinajstić information content (AvgIpc) is 2.81. The molecule has 0 aliphatic rings. The minimum absolute atomic E-state index is 0.00458. The summed E-state index contributed by atoms with van der Waals surface area (Å²) in [6.07, 6.45) is 1.75. The topological polar surface area (TPSA) is 51.8 Å². The van der Waals surface area contributed by atoms with E-state index in [1.807, 2.05) is 0 Å². The van der Waals surface area contributed by atoms with Crippen LogP contribution in [0.4, 0.5) is 0 Å². The molecule has 0 amide bonds. The smallest absolute Gasteiger partial charge is 0.0801 e. The van der Waals surface area contributed by atoms with Crippen molar-refractivity contribution in [3.63, 3.8) is 0 Å². The van der Waals surface area contributed by atoms with E-state index >= 15 is 0 Å². The summed E-state index contributed by atoms with van der Waals surface area (Å²) in [7, 11) is 0. The molecule has 2 aromatic rings. The maximum absolute atomic E-state index is 6.35. The summed E-state index contributed by atoms with van der Waals surface area (Å²) < 4.78 is 4.03. The van der Waals surface area contributed by atoms with Gasteiger partial charge in [-0.25, -0.2) is 0 Å². The van der Waals surface area contributed by atoms with Crippen molar-refractivity contribution in [2.45, 2.75) is 46.6 Å². The number of hydrogen-bond donors (Lipinski definition) is 1. The molecule has 0 fully saturated rings. The maximum Gasteiger partial charge on any atom is 0.0801 e. The van der Waals surface area contributed by atoms with Crippen LogP contribution in [-0.4, -0.2) is 9.59 Å². The van der Waals surface area contributed by atoms with Crippen molar-refractivity contribution < 1.29 is 0 Å². The van der Waals surface area contributed by atoms with Crippen molar-refractivity contribution in [3.05, 3.63) is 45.0 Å². The SMILES string of the molecule is CCc1nnsc1C(N)Cc1c(C)cc(C)cc1C. The molecule has 1 aromatic heterocycles. The molecule has 102 valence electrons. The molecule has 1 unspecified atom stereocenters. The summed E-state index contributed by atoms with van der Waals surface area (Å²) in [6.45, 7) is 8.54. The van der Waals surface area contributed by atoms with Gasteiger partial charge >= 0.3 is 0 Å². The third kappa shape index (κ3) is 3.01. The molecular formula is C15H21N3S. The van der Waals surface area contributed by atoms with Crippen molar-refractivity contribution in [3.8, 4) is 0 Å². The zero-order chi connectivity index (χ0) is 14.0. The largest absolute Gasteiger partial charge is 0.323 e. The molecule has 1 atom stereocenters. The van der Waals surface area contributed by atoms with E-state index in [0.29, 0.717) is 0 Å². The van der Waals surface area contributed by atoms with Gasteiger partial charge in [-0.3, -0.25) is 0 Å². The molecule has 2 rings (SSSR count). The standard InChI is InChI=1S/C15H21N3S/c1-5-14-15(19-18-17-14)13(16)8-12-10(3)6-9(2)7-11(12)4/h6-7,13H,5,8,16H2,1-4H3. The molecule has 0 radical (unpaired) electrons. The quantitative estimate of drug-likeness (QED) is 0.931. The van der Waals surface area contributed by atoms with Crippen LogP contribution in [0.25, 0.3) is 0 Å². The Kier molecular flexibility index (Phi) is 4.32. The van der Waals surface area contributed by atoms with E-state index in [9.17, 15) is 0 Å². The van der Waals surface area contributed by atoms with E-state index in [4.69, 9.17) is 5.73 Å². The zero-order valence-corrected chi connectivity index (χ0v) is 12.8. The lowest BCUT2D eigenvalue weighted by Crippen LogP contribution is -2.15. The Morgan fingerprint density at radius 2 is 1.84 bits per heavy atom. The van der Waals surface area contributed by atoms with Crippen LogP contribution in [0.5, 0.6) is 0 Å². The van der Waals surface area contributed by atoms with E-state index in [0.717, 1.165) is 23.4 Å². The minimum atomic E-state index is -0.00458. The second kappa shape index (κ2) is 5.80. The van der Waals surface area contributed by atoms with Crippen LogP contribution >= 0.6 is 11.5 Å². The third-order valence-corrected chi connectivity index (χ3v) is 4.42. The molecule has 19 heavy (non-hydrogen) atoms. The van der Waals surface area contributed by atoms with Crippen LogP contribution in [0, 0.1) is 20.8 Å². The molecule has 0 aliphatic carbocycles. The number of rotatable bonds is 4. The molecule has 0 saturated heterocycles. The Bertz CT molecular complexity index is 552. The van der Waals surface area contributed by atoms with Crippen molar-refractivity contribution >= 4 is 11.5 Å². The number of nitrogens with two attached hydrogens (primary N) is 1. The molecule has 0 spiro atoms. The molecule has 3 nitrogen and oxygen atoms in total. The fourth-order valence-electron chi connectivity index (χ4n) is 2.59. The number of hydrogen-bond acceptors (Lipinski definition) is 4. The van der Waals surface area contributed by atoms with Crippen LogP contribution in [0.15, 0.2) is 12.1 Å². The Balaban J connectivity index is 2.27. The maximum atomic E-state index is 6.35. The molecule has 2 N–H and O–H groups in total. The summed E-state index contributed by atoms with van der Waals surface area (Å²) in [5.41, 5.74) is 12.7. The first kappa shape index (κ1) is 14.2. The van der Waals surface area contributed by atoms with Gasteiger partial charge in [-0.15, -0.1) is 5.10 Å². The van der Waals surface area contributed by atoms with Crippen LogP contribution < -0.4 is 5.73 Å². The highest BCUT2D eigenvalue weighted by Gasteiger charge is 2.17. The predicted octanol–water partition coefficient (Wildman–Crippen LogP) is 3.27. The van der Waals surface area contributed by atoms with E-state index < -0.39 is 0 Å². The summed E-state index contributed by atoms with van der Waals surface area (Å²) >= 11 is 1.43. The summed E-state index contributed by atoms with van der Waals surface area (Å²) in [5.74, 6) is 0. The van der Waals surface area contributed by atoms with Gasteiger partial charge in [-0.1, -0.05) is 29.1 Å². The second-order valence-electron chi connectivity index (χ2n) is 5.13. The van der Waals surface area contributed by atoms with Gasteiger partial charge < -0.3 is 5.73 Å². The van der Waals surface area contributed by atoms with Gasteiger partial charge in [0.2, 0.25) is 0 Å². The van der Waals surface area contributed by atoms with Gasteiger partial charge in [0, 0.05) is 6.04 Å². The summed E-state index contributed by atoms with van der Waals surface area (Å²) in [6, 6.07) is 4.44. The first-order valence-electron chi connectivity index (χ1n) is 6.66. The van der Waals surface area contributed by atoms with E-state index in [-0.39, 0.29) is 6.04 Å². The third-order valence-electron chi connectivity index (χ3n) is 3.52. The monoisotopic (exact) mass is 275 g/mol. The van der Waals surface area contributed by atoms with Gasteiger partial charge in [0.05, 0.1) is 10.6 Å². The number of aryl methyl sites for hydroxylation is 4. The highest BCUT2D eigenvalue weighted by molar-refractivity contribution is 7.05. The van der Waals surface area contributed by atoms with Gasteiger partial charge in [0.25, 0.3) is 0 Å². The van der Waals surface area contributed by atoms with Crippen LogP contribution in [0.3, 0.4) is 0 Å². The second-order valence-corrected chi connectivity index (χ2v) is 5.91. The molecular weight excluding hydrogens is 254 g/mol. The van der Waals surface area contributed by atoms with Gasteiger partial charge in [-0.05, 0) is 61.8 Å². The van der Waals surface area contributed by atoms with E-state index in [2.05, 4.69) is 49.4 Å². The highest BCUT2D eigenvalue weighted by atomic mass is 32.1. The first-order valence-corrected chi connectivity index (χ1v) is 7.43. The first-order chi connectivity index (χ1) is 9.02. The van der Waals surface area contributed by atoms with E-state index in [1.54, 1.807) is 0 Å². The van der Waals surface area contributed by atoms with Gasteiger partial charge in [0.15, 0.2) is 0 Å². The molecule has 1 heterocycles. The molecule has 0 aliphatic heterocycles. The van der Waals surface area contributed by atoms with Crippen molar-refractivity contribution in [2.24, 2.45) is 5.73 Å². The Morgan fingerprint density at radius 3 is 2.42 bits per heavy atom. The Hall–Kier alpha value is -1.26. The Labute approximate surface area is 119 Å².